The second-order valence-corrected chi connectivity index (χ2v) is 9.04. The third-order valence-electron chi connectivity index (χ3n) is 4.77. The van der Waals surface area contributed by atoms with Crippen LogP contribution in [-0.2, 0) is 6.42 Å². The Morgan fingerprint density at radius 1 is 1.29 bits per heavy atom. The summed E-state index contributed by atoms with van der Waals surface area (Å²) in [7, 11) is 0. The van der Waals surface area contributed by atoms with Gasteiger partial charge in [0.05, 0.1) is 16.4 Å². The second kappa shape index (κ2) is 9.15. The first kappa shape index (κ1) is 20.3. The summed E-state index contributed by atoms with van der Waals surface area (Å²) in [4.78, 5) is 17.3. The average Bonchev–Trinajstić information content (AvgIpc) is 3.19. The molecule has 0 radical (unpaired) electrons. The molecule has 1 aliphatic rings. The van der Waals surface area contributed by atoms with Crippen LogP contribution in [0.15, 0.2) is 45.4 Å². The Kier molecular flexibility index (Phi) is 6.62. The monoisotopic (exact) mass is 450 g/mol. The van der Waals surface area contributed by atoms with Crippen molar-refractivity contribution >= 4 is 44.7 Å². The number of aryl methyl sites for hydroxylation is 1. The van der Waals surface area contributed by atoms with Crippen LogP contribution in [0.4, 0.5) is 0 Å². The van der Waals surface area contributed by atoms with Crippen molar-refractivity contribution in [1.82, 2.24) is 0 Å². The van der Waals surface area contributed by atoms with Gasteiger partial charge >= 0.3 is 0 Å². The van der Waals surface area contributed by atoms with Crippen LogP contribution in [0.5, 0.6) is 0 Å². The Labute approximate surface area is 178 Å². The van der Waals surface area contributed by atoms with Crippen LogP contribution in [0.25, 0.3) is 16.5 Å². The maximum Gasteiger partial charge on any atom is 0.270 e. The molecule has 0 saturated heterocycles. The van der Waals surface area contributed by atoms with Gasteiger partial charge in [-0.05, 0) is 52.0 Å². The summed E-state index contributed by atoms with van der Waals surface area (Å²) >= 11 is 5.22. The van der Waals surface area contributed by atoms with E-state index in [1.807, 2.05) is 18.2 Å². The standard InChI is InChI=1S/C23H19BrN2OS/c1-3-4-5-6-9-15-12-16(28-23(15)24)13-19-21(20(14-25)26-2)17-10-7-8-11-18(17)22(19)27/h7-8,10-13H,3-6,9H2,1H3/b19-13-,21-20+. The van der Waals surface area contributed by atoms with Crippen molar-refractivity contribution in [3.63, 3.8) is 0 Å². The van der Waals surface area contributed by atoms with Gasteiger partial charge in [0.2, 0.25) is 0 Å². The Bertz CT molecular complexity index is 1050. The van der Waals surface area contributed by atoms with Gasteiger partial charge in [-0.2, -0.15) is 0 Å². The summed E-state index contributed by atoms with van der Waals surface area (Å²) < 4.78 is 1.08. The Balaban J connectivity index is 2.00. The van der Waals surface area contributed by atoms with Crippen molar-refractivity contribution in [3.05, 3.63) is 78.4 Å². The molecule has 2 aromatic rings. The van der Waals surface area contributed by atoms with E-state index in [1.54, 1.807) is 29.5 Å². The number of fused-ring (bicyclic) bond motifs is 1. The van der Waals surface area contributed by atoms with Crippen LogP contribution >= 0.6 is 27.3 Å². The Hall–Kier alpha value is -2.47. The molecule has 3 rings (SSSR count). The number of benzene rings is 1. The molecule has 0 amide bonds. The summed E-state index contributed by atoms with van der Waals surface area (Å²) in [6, 6.07) is 11.2. The van der Waals surface area contributed by atoms with E-state index >= 15 is 0 Å². The molecule has 0 N–H and O–H groups in total. The van der Waals surface area contributed by atoms with Gasteiger partial charge in [0.25, 0.3) is 5.70 Å². The lowest BCUT2D eigenvalue weighted by molar-refractivity contribution is 0.104. The minimum atomic E-state index is -0.129. The summed E-state index contributed by atoms with van der Waals surface area (Å²) in [5.41, 5.74) is 3.30. The number of carbonyl (C=O) groups excluding carboxylic acids is 1. The van der Waals surface area contributed by atoms with E-state index in [0.29, 0.717) is 22.3 Å². The highest BCUT2D eigenvalue weighted by molar-refractivity contribution is 9.11. The quantitative estimate of drug-likeness (QED) is 0.204. The third kappa shape index (κ3) is 4.02. The first-order chi connectivity index (χ1) is 13.6. The Morgan fingerprint density at radius 2 is 2.04 bits per heavy atom. The zero-order valence-corrected chi connectivity index (χ0v) is 18.0. The van der Waals surface area contributed by atoms with Gasteiger partial charge in [-0.1, -0.05) is 50.5 Å². The fourth-order valence-corrected chi connectivity index (χ4v) is 5.14. The fourth-order valence-electron chi connectivity index (χ4n) is 3.39. The smallest absolute Gasteiger partial charge is 0.270 e. The number of thiophene rings is 1. The molecule has 0 spiro atoms. The molecule has 5 heteroatoms. The summed E-state index contributed by atoms with van der Waals surface area (Å²) in [5.74, 6) is -0.129. The minimum absolute atomic E-state index is 0.0417. The van der Waals surface area contributed by atoms with Crippen LogP contribution in [0.3, 0.4) is 0 Å². The number of halogens is 1. The van der Waals surface area contributed by atoms with Gasteiger partial charge in [0, 0.05) is 21.6 Å². The molecule has 0 aliphatic heterocycles. The van der Waals surface area contributed by atoms with Crippen LogP contribution in [0, 0.1) is 17.9 Å². The van der Waals surface area contributed by atoms with E-state index in [1.165, 1.54) is 24.8 Å². The van der Waals surface area contributed by atoms with Gasteiger partial charge < -0.3 is 0 Å². The molecule has 0 fully saturated rings. The van der Waals surface area contributed by atoms with Crippen molar-refractivity contribution in [3.8, 4) is 6.07 Å². The van der Waals surface area contributed by atoms with E-state index in [2.05, 4.69) is 33.8 Å². The lowest BCUT2D eigenvalue weighted by atomic mass is 10.0. The van der Waals surface area contributed by atoms with E-state index in [4.69, 9.17) is 6.57 Å². The van der Waals surface area contributed by atoms with Crippen molar-refractivity contribution in [2.24, 2.45) is 0 Å². The summed E-state index contributed by atoms with van der Waals surface area (Å²) in [6.45, 7) is 9.55. The zero-order chi connectivity index (χ0) is 20.1. The largest absolute Gasteiger partial charge is 0.289 e. The van der Waals surface area contributed by atoms with Gasteiger partial charge in [-0.3, -0.25) is 4.79 Å². The molecule has 140 valence electrons. The van der Waals surface area contributed by atoms with Crippen LogP contribution < -0.4 is 0 Å². The predicted molar refractivity (Wildman–Crippen MR) is 118 cm³/mol. The van der Waals surface area contributed by atoms with Crippen molar-refractivity contribution in [1.29, 1.82) is 5.26 Å². The number of hydrogen-bond acceptors (Lipinski definition) is 3. The van der Waals surface area contributed by atoms with Crippen molar-refractivity contribution in [2.45, 2.75) is 39.0 Å². The van der Waals surface area contributed by atoms with Crippen LogP contribution in [0.2, 0.25) is 0 Å². The third-order valence-corrected chi connectivity index (χ3v) is 6.68. The summed E-state index contributed by atoms with van der Waals surface area (Å²) in [6.07, 6.45) is 7.64. The number of rotatable bonds is 6. The van der Waals surface area contributed by atoms with E-state index in [-0.39, 0.29) is 11.5 Å². The lowest BCUT2D eigenvalue weighted by Crippen LogP contribution is -1.95. The molecule has 3 nitrogen and oxygen atoms in total. The predicted octanol–water partition coefficient (Wildman–Crippen LogP) is 7.07. The number of unbranched alkanes of at least 4 members (excludes halogenated alkanes) is 3. The van der Waals surface area contributed by atoms with Gasteiger partial charge in [0.15, 0.2) is 5.78 Å². The van der Waals surface area contributed by atoms with Crippen LogP contribution in [0.1, 0.15) is 59.0 Å². The lowest BCUT2D eigenvalue weighted by Gasteiger charge is -2.01. The normalized spacial score (nSPS) is 16.0. The Morgan fingerprint density at radius 3 is 2.71 bits per heavy atom. The maximum atomic E-state index is 13.0. The number of carbonyl (C=O) groups is 1. The molecule has 0 saturated carbocycles. The molecule has 1 heterocycles. The number of nitriles is 1. The van der Waals surface area contributed by atoms with E-state index < -0.39 is 0 Å². The highest BCUT2D eigenvalue weighted by atomic mass is 79.9. The highest BCUT2D eigenvalue weighted by Gasteiger charge is 2.32. The SMILES string of the molecule is [C-]#[N+]/C(C#N)=C1/C(=C/c2cc(CCCCCC)c(Br)s2)C(=O)c2ccccc21. The first-order valence-corrected chi connectivity index (χ1v) is 10.9. The van der Waals surface area contributed by atoms with Crippen molar-refractivity contribution in [2.75, 3.05) is 0 Å². The molecular formula is C23H19BrN2OS. The van der Waals surface area contributed by atoms with Crippen molar-refractivity contribution < 1.29 is 4.79 Å². The number of nitrogens with zero attached hydrogens (tertiary/aromatic N) is 2. The molecular weight excluding hydrogens is 432 g/mol. The molecule has 0 atom stereocenters. The number of allylic oxidation sites excluding steroid dienone is 3. The molecule has 28 heavy (non-hydrogen) atoms. The maximum absolute atomic E-state index is 13.0. The average molecular weight is 451 g/mol. The first-order valence-electron chi connectivity index (χ1n) is 9.26. The van der Waals surface area contributed by atoms with E-state index in [0.717, 1.165) is 21.5 Å². The molecule has 0 bridgehead atoms. The molecule has 1 aromatic carbocycles. The second-order valence-electron chi connectivity index (χ2n) is 6.64. The van der Waals surface area contributed by atoms with Gasteiger partial charge in [-0.25, -0.2) is 10.1 Å². The molecule has 1 aliphatic carbocycles. The summed E-state index contributed by atoms with van der Waals surface area (Å²) in [5, 5.41) is 9.41. The topological polar surface area (TPSA) is 45.2 Å². The number of ketones is 1. The highest BCUT2D eigenvalue weighted by Crippen LogP contribution is 2.41. The van der Waals surface area contributed by atoms with Crippen LogP contribution in [-0.4, -0.2) is 5.78 Å². The molecule has 1 aromatic heterocycles. The van der Waals surface area contributed by atoms with E-state index in [9.17, 15) is 10.1 Å². The zero-order valence-electron chi connectivity index (χ0n) is 15.6. The number of hydrogen-bond donors (Lipinski definition) is 0. The van der Waals surface area contributed by atoms with Gasteiger partial charge in [0.1, 0.15) is 0 Å². The van der Waals surface area contributed by atoms with Gasteiger partial charge in [-0.15, -0.1) is 11.3 Å². The fraction of sp³-hybridized carbons (Fsp3) is 0.261. The minimum Gasteiger partial charge on any atom is -0.289 e. The number of Topliss-reactive ketones (excluding diaryl/α,β-unsaturated/α-hetero) is 1. The molecule has 0 unspecified atom stereocenters.